The second-order valence-corrected chi connectivity index (χ2v) is 6.25. The van der Waals surface area contributed by atoms with Gasteiger partial charge in [-0.2, -0.15) is 0 Å². The molecule has 0 aliphatic rings. The number of thioether (sulfide) groups is 1. The summed E-state index contributed by atoms with van der Waals surface area (Å²) in [7, 11) is 1.40. The highest BCUT2D eigenvalue weighted by Gasteiger charge is 2.08. The van der Waals surface area contributed by atoms with Gasteiger partial charge in [-0.25, -0.2) is 0 Å². The highest BCUT2D eigenvalue weighted by molar-refractivity contribution is 7.98. The molecule has 0 atom stereocenters. The maximum atomic E-state index is 11.4. The summed E-state index contributed by atoms with van der Waals surface area (Å²) in [6, 6.07) is 13.4. The highest BCUT2D eigenvalue weighted by atomic mass is 35.5. The van der Waals surface area contributed by atoms with E-state index in [1.165, 1.54) is 7.11 Å². The van der Waals surface area contributed by atoms with Gasteiger partial charge in [0.2, 0.25) is 0 Å². The van der Waals surface area contributed by atoms with Crippen LogP contribution in [-0.4, -0.2) is 13.1 Å². The minimum Gasteiger partial charge on any atom is -0.469 e. The van der Waals surface area contributed by atoms with Gasteiger partial charge in [0.15, 0.2) is 0 Å². The van der Waals surface area contributed by atoms with Gasteiger partial charge in [-0.3, -0.25) is 4.79 Å². The first kappa shape index (κ1) is 16.2. The molecule has 2 rings (SSSR count). The van der Waals surface area contributed by atoms with E-state index < -0.39 is 0 Å². The molecule has 0 aliphatic heterocycles. The van der Waals surface area contributed by atoms with Crippen molar-refractivity contribution >= 4 is 40.9 Å². The van der Waals surface area contributed by atoms with Crippen molar-refractivity contribution in [3.8, 4) is 0 Å². The van der Waals surface area contributed by atoms with Crippen molar-refractivity contribution in [2.75, 3.05) is 7.11 Å². The second kappa shape index (κ2) is 7.74. The van der Waals surface area contributed by atoms with Crippen molar-refractivity contribution in [3.05, 3.63) is 63.6 Å². The van der Waals surface area contributed by atoms with Gasteiger partial charge in [0.25, 0.3) is 0 Å². The third-order valence-corrected chi connectivity index (χ3v) is 4.75. The van der Waals surface area contributed by atoms with E-state index in [1.54, 1.807) is 17.8 Å². The Kier molecular flexibility index (Phi) is 5.97. The third-order valence-electron chi connectivity index (χ3n) is 2.97. The lowest BCUT2D eigenvalue weighted by molar-refractivity contribution is -0.139. The summed E-state index contributed by atoms with van der Waals surface area (Å²) < 4.78 is 4.72. The zero-order chi connectivity index (χ0) is 15.2. The summed E-state index contributed by atoms with van der Waals surface area (Å²) in [5.41, 5.74) is 2.09. The van der Waals surface area contributed by atoms with Crippen LogP contribution in [-0.2, 0) is 21.7 Å². The van der Waals surface area contributed by atoms with Crippen molar-refractivity contribution in [1.82, 2.24) is 0 Å². The van der Waals surface area contributed by atoms with Crippen LogP contribution in [0.5, 0.6) is 0 Å². The van der Waals surface area contributed by atoms with E-state index in [-0.39, 0.29) is 12.4 Å². The first-order valence-electron chi connectivity index (χ1n) is 6.31. The van der Waals surface area contributed by atoms with Crippen molar-refractivity contribution in [1.29, 1.82) is 0 Å². The fourth-order valence-electron chi connectivity index (χ4n) is 1.83. The summed E-state index contributed by atoms with van der Waals surface area (Å²) >= 11 is 13.6. The lowest BCUT2D eigenvalue weighted by Gasteiger charge is -2.09. The quantitative estimate of drug-likeness (QED) is 0.565. The number of ether oxygens (including phenoxy) is 1. The number of hydrogen-bond acceptors (Lipinski definition) is 3. The van der Waals surface area contributed by atoms with Crippen LogP contribution in [0.4, 0.5) is 0 Å². The third kappa shape index (κ3) is 4.67. The standard InChI is InChI=1S/C16H14Cl2O2S/c1-20-16(19)8-11-4-2-3-5-12(11)10-21-13-6-7-14(17)15(18)9-13/h2-7,9H,8,10H2,1H3. The molecule has 110 valence electrons. The van der Waals surface area contributed by atoms with Crippen LogP contribution in [0.3, 0.4) is 0 Å². The zero-order valence-corrected chi connectivity index (χ0v) is 13.8. The van der Waals surface area contributed by atoms with Gasteiger partial charge >= 0.3 is 5.97 Å². The van der Waals surface area contributed by atoms with E-state index in [2.05, 4.69) is 0 Å². The molecule has 0 radical (unpaired) electrons. The molecular weight excluding hydrogens is 327 g/mol. The monoisotopic (exact) mass is 340 g/mol. The number of halogens is 2. The van der Waals surface area contributed by atoms with Gasteiger partial charge in [0, 0.05) is 10.6 Å². The number of methoxy groups -OCH3 is 1. The van der Waals surface area contributed by atoms with Gasteiger partial charge in [-0.15, -0.1) is 11.8 Å². The molecule has 2 nitrogen and oxygen atoms in total. The van der Waals surface area contributed by atoms with Crippen LogP contribution in [0.25, 0.3) is 0 Å². The molecule has 5 heteroatoms. The molecule has 0 spiro atoms. The molecule has 0 amide bonds. The molecule has 0 saturated carbocycles. The average Bonchev–Trinajstić information content (AvgIpc) is 2.49. The van der Waals surface area contributed by atoms with Gasteiger partial charge in [0.05, 0.1) is 23.6 Å². The van der Waals surface area contributed by atoms with Crippen LogP contribution in [0.1, 0.15) is 11.1 Å². The Labute approximate surface area is 138 Å². The Morgan fingerprint density at radius 1 is 1.10 bits per heavy atom. The average molecular weight is 341 g/mol. The smallest absolute Gasteiger partial charge is 0.309 e. The van der Waals surface area contributed by atoms with E-state index in [4.69, 9.17) is 27.9 Å². The predicted molar refractivity (Wildman–Crippen MR) is 88.2 cm³/mol. The fourth-order valence-corrected chi connectivity index (χ4v) is 3.16. The molecule has 0 bridgehead atoms. The first-order valence-corrected chi connectivity index (χ1v) is 8.05. The van der Waals surface area contributed by atoms with Crippen LogP contribution in [0, 0.1) is 0 Å². The maximum Gasteiger partial charge on any atom is 0.309 e. The molecule has 0 aliphatic carbocycles. The SMILES string of the molecule is COC(=O)Cc1ccccc1CSc1ccc(Cl)c(Cl)c1. The molecule has 0 unspecified atom stereocenters. The Hall–Kier alpha value is -1.16. The maximum absolute atomic E-state index is 11.4. The molecule has 0 fully saturated rings. The van der Waals surface area contributed by atoms with Crippen LogP contribution in [0.2, 0.25) is 10.0 Å². The molecule has 0 heterocycles. The van der Waals surface area contributed by atoms with Crippen molar-refractivity contribution in [2.45, 2.75) is 17.1 Å². The Bertz CT molecular complexity index is 644. The summed E-state index contributed by atoms with van der Waals surface area (Å²) in [6.07, 6.45) is 0.286. The van der Waals surface area contributed by atoms with Crippen molar-refractivity contribution in [2.24, 2.45) is 0 Å². The van der Waals surface area contributed by atoms with E-state index in [9.17, 15) is 4.79 Å². The Morgan fingerprint density at radius 2 is 1.81 bits per heavy atom. The number of carbonyl (C=O) groups is 1. The largest absolute Gasteiger partial charge is 0.469 e. The second-order valence-electron chi connectivity index (χ2n) is 4.39. The van der Waals surface area contributed by atoms with Gasteiger partial charge in [-0.05, 0) is 29.3 Å². The molecular formula is C16H14Cl2O2S. The summed E-state index contributed by atoms with van der Waals surface area (Å²) in [5.74, 6) is 0.521. The number of rotatable bonds is 5. The predicted octanol–water partition coefficient (Wildman–Crippen LogP) is 5.00. The Morgan fingerprint density at radius 3 is 2.48 bits per heavy atom. The summed E-state index contributed by atoms with van der Waals surface area (Å²) in [6.45, 7) is 0. The van der Waals surface area contributed by atoms with E-state index in [0.29, 0.717) is 10.0 Å². The number of benzene rings is 2. The van der Waals surface area contributed by atoms with Crippen molar-refractivity contribution < 1.29 is 9.53 Å². The van der Waals surface area contributed by atoms with Gasteiger partial charge in [0.1, 0.15) is 0 Å². The highest BCUT2D eigenvalue weighted by Crippen LogP contribution is 2.30. The zero-order valence-electron chi connectivity index (χ0n) is 11.4. The molecule has 0 aromatic heterocycles. The molecule has 21 heavy (non-hydrogen) atoms. The summed E-state index contributed by atoms with van der Waals surface area (Å²) in [5, 5.41) is 1.09. The number of esters is 1. The topological polar surface area (TPSA) is 26.3 Å². The van der Waals surface area contributed by atoms with Crippen molar-refractivity contribution in [3.63, 3.8) is 0 Å². The minimum absolute atomic E-state index is 0.234. The van der Waals surface area contributed by atoms with Gasteiger partial charge in [-0.1, -0.05) is 47.5 Å². The van der Waals surface area contributed by atoms with E-state index in [0.717, 1.165) is 21.8 Å². The summed E-state index contributed by atoms with van der Waals surface area (Å²) in [4.78, 5) is 12.5. The minimum atomic E-state index is -0.234. The lowest BCUT2D eigenvalue weighted by atomic mass is 10.1. The molecule has 2 aromatic rings. The van der Waals surface area contributed by atoms with Crippen LogP contribution in [0.15, 0.2) is 47.4 Å². The van der Waals surface area contributed by atoms with E-state index in [1.807, 2.05) is 36.4 Å². The van der Waals surface area contributed by atoms with Gasteiger partial charge < -0.3 is 4.74 Å². The number of hydrogen-bond donors (Lipinski definition) is 0. The normalized spacial score (nSPS) is 10.4. The molecule has 2 aromatic carbocycles. The lowest BCUT2D eigenvalue weighted by Crippen LogP contribution is -2.06. The van der Waals surface area contributed by atoms with Crippen LogP contribution >= 0.6 is 35.0 Å². The molecule has 0 saturated heterocycles. The van der Waals surface area contributed by atoms with E-state index >= 15 is 0 Å². The fraction of sp³-hybridized carbons (Fsp3) is 0.188. The van der Waals surface area contributed by atoms with Crippen LogP contribution < -0.4 is 0 Å². The Balaban J connectivity index is 2.09. The molecule has 0 N–H and O–H groups in total. The first-order chi connectivity index (χ1) is 10.1. The number of carbonyl (C=O) groups excluding carboxylic acids is 1.